The zero-order valence-corrected chi connectivity index (χ0v) is 13.9. The Balaban J connectivity index is 1.96. The normalized spacial score (nSPS) is 21.7. The molecule has 1 aliphatic heterocycles. The van der Waals surface area contributed by atoms with Crippen LogP contribution in [0.1, 0.15) is 33.1 Å². The summed E-state index contributed by atoms with van der Waals surface area (Å²) in [5.41, 5.74) is 0.597. The molecule has 2 nitrogen and oxygen atoms in total. The molecule has 0 radical (unpaired) electrons. The van der Waals surface area contributed by atoms with Crippen molar-refractivity contribution in [3.8, 4) is 0 Å². The Morgan fingerprint density at radius 2 is 2.30 bits per heavy atom. The highest BCUT2D eigenvalue weighted by atomic mass is 79.9. The summed E-state index contributed by atoms with van der Waals surface area (Å²) in [6.45, 7) is 7.90. The fourth-order valence-corrected chi connectivity index (χ4v) is 3.35. The van der Waals surface area contributed by atoms with Gasteiger partial charge in [-0.3, -0.25) is 0 Å². The standard InChI is InChI=1S/C16H24BrFN2/c1-3-8-20-9-4-5-13(11-20)12(2)19-16-10-14(17)6-7-15(16)18/h6-7,10,12-13,19H,3-5,8-9,11H2,1-2H3. The Hall–Kier alpha value is -0.610. The van der Waals surface area contributed by atoms with Crippen molar-refractivity contribution in [2.24, 2.45) is 5.92 Å². The summed E-state index contributed by atoms with van der Waals surface area (Å²) in [5, 5.41) is 3.35. The van der Waals surface area contributed by atoms with Crippen LogP contribution in [-0.2, 0) is 0 Å². The molecule has 0 bridgehead atoms. The highest BCUT2D eigenvalue weighted by Gasteiger charge is 2.24. The summed E-state index contributed by atoms with van der Waals surface area (Å²) in [4.78, 5) is 2.53. The third-order valence-electron chi connectivity index (χ3n) is 4.10. The number of anilines is 1. The lowest BCUT2D eigenvalue weighted by Gasteiger charge is -2.36. The molecule has 0 saturated carbocycles. The first-order valence-corrected chi connectivity index (χ1v) is 8.33. The van der Waals surface area contributed by atoms with E-state index in [4.69, 9.17) is 0 Å². The van der Waals surface area contributed by atoms with Crippen LogP contribution in [0, 0.1) is 11.7 Å². The van der Waals surface area contributed by atoms with Gasteiger partial charge in [-0.2, -0.15) is 0 Å². The predicted octanol–water partition coefficient (Wildman–Crippen LogP) is 4.51. The SMILES string of the molecule is CCCN1CCCC(C(C)Nc2cc(Br)ccc2F)C1. The highest BCUT2D eigenvalue weighted by molar-refractivity contribution is 9.10. The summed E-state index contributed by atoms with van der Waals surface area (Å²) >= 11 is 3.40. The van der Waals surface area contributed by atoms with Gasteiger partial charge in [0, 0.05) is 17.1 Å². The molecule has 112 valence electrons. The van der Waals surface area contributed by atoms with Gasteiger partial charge in [-0.1, -0.05) is 22.9 Å². The number of halogens is 2. The Morgan fingerprint density at radius 1 is 1.50 bits per heavy atom. The topological polar surface area (TPSA) is 15.3 Å². The highest BCUT2D eigenvalue weighted by Crippen LogP contribution is 2.25. The minimum absolute atomic E-state index is 0.179. The van der Waals surface area contributed by atoms with Gasteiger partial charge >= 0.3 is 0 Å². The molecule has 2 rings (SSSR count). The molecule has 0 amide bonds. The fraction of sp³-hybridized carbons (Fsp3) is 0.625. The van der Waals surface area contributed by atoms with Crippen LogP contribution in [0.3, 0.4) is 0 Å². The molecule has 0 aliphatic carbocycles. The Bertz CT molecular complexity index is 436. The van der Waals surface area contributed by atoms with Gasteiger partial charge in [0.15, 0.2) is 0 Å². The molecule has 4 heteroatoms. The first-order chi connectivity index (χ1) is 9.60. The maximum Gasteiger partial charge on any atom is 0.146 e. The first kappa shape index (κ1) is 15.8. The molecule has 1 heterocycles. The van der Waals surface area contributed by atoms with Gasteiger partial charge in [0.05, 0.1) is 5.69 Å². The van der Waals surface area contributed by atoms with Crippen LogP contribution in [0.4, 0.5) is 10.1 Å². The molecule has 2 atom stereocenters. The van der Waals surface area contributed by atoms with Gasteiger partial charge in [0.1, 0.15) is 5.82 Å². The molecule has 1 aromatic carbocycles. The van der Waals surface area contributed by atoms with E-state index in [1.807, 2.05) is 6.07 Å². The van der Waals surface area contributed by atoms with E-state index in [0.29, 0.717) is 17.6 Å². The smallest absolute Gasteiger partial charge is 0.146 e. The van der Waals surface area contributed by atoms with Gasteiger partial charge in [0.2, 0.25) is 0 Å². The number of nitrogens with zero attached hydrogens (tertiary/aromatic N) is 1. The number of rotatable bonds is 5. The molecule has 0 spiro atoms. The van der Waals surface area contributed by atoms with E-state index in [0.717, 1.165) is 11.0 Å². The number of nitrogens with one attached hydrogen (secondary N) is 1. The molecule has 20 heavy (non-hydrogen) atoms. The fourth-order valence-electron chi connectivity index (χ4n) is 2.99. The quantitative estimate of drug-likeness (QED) is 0.846. The van der Waals surface area contributed by atoms with Gasteiger partial charge in [-0.05, 0) is 63.4 Å². The summed E-state index contributed by atoms with van der Waals surface area (Å²) in [6, 6.07) is 5.34. The lowest BCUT2D eigenvalue weighted by molar-refractivity contribution is 0.165. The van der Waals surface area contributed by atoms with E-state index in [1.54, 1.807) is 6.07 Å². The third-order valence-corrected chi connectivity index (χ3v) is 4.59. The number of benzene rings is 1. The van der Waals surface area contributed by atoms with Crippen molar-refractivity contribution in [3.63, 3.8) is 0 Å². The molecule has 1 N–H and O–H groups in total. The predicted molar refractivity (Wildman–Crippen MR) is 86.6 cm³/mol. The van der Waals surface area contributed by atoms with Crippen LogP contribution < -0.4 is 5.32 Å². The van der Waals surface area contributed by atoms with E-state index in [9.17, 15) is 4.39 Å². The zero-order valence-electron chi connectivity index (χ0n) is 12.3. The average Bonchev–Trinajstić information content (AvgIpc) is 2.43. The molecule has 2 unspecified atom stereocenters. The Morgan fingerprint density at radius 3 is 3.05 bits per heavy atom. The number of piperidine rings is 1. The van der Waals surface area contributed by atoms with Crippen molar-refractivity contribution in [1.82, 2.24) is 4.90 Å². The minimum Gasteiger partial charge on any atom is -0.380 e. The van der Waals surface area contributed by atoms with Crippen molar-refractivity contribution < 1.29 is 4.39 Å². The lowest BCUT2D eigenvalue weighted by atomic mass is 9.91. The number of likely N-dealkylation sites (tertiary alicyclic amines) is 1. The molecular weight excluding hydrogens is 319 g/mol. The van der Waals surface area contributed by atoms with Crippen molar-refractivity contribution in [2.75, 3.05) is 25.0 Å². The lowest BCUT2D eigenvalue weighted by Crippen LogP contribution is -2.42. The third kappa shape index (κ3) is 4.19. The molecule has 1 fully saturated rings. The summed E-state index contributed by atoms with van der Waals surface area (Å²) in [6.07, 6.45) is 3.68. The van der Waals surface area contributed by atoms with Crippen molar-refractivity contribution in [1.29, 1.82) is 0 Å². The monoisotopic (exact) mass is 342 g/mol. The zero-order chi connectivity index (χ0) is 14.5. The second-order valence-corrected chi connectivity index (χ2v) is 6.68. The average molecular weight is 343 g/mol. The minimum atomic E-state index is -0.179. The van der Waals surface area contributed by atoms with Gasteiger partial charge in [0.25, 0.3) is 0 Å². The maximum absolute atomic E-state index is 13.8. The van der Waals surface area contributed by atoms with E-state index in [-0.39, 0.29) is 5.82 Å². The molecular formula is C16H24BrFN2. The largest absolute Gasteiger partial charge is 0.380 e. The van der Waals surface area contributed by atoms with Crippen LogP contribution in [0.15, 0.2) is 22.7 Å². The Labute approximate surface area is 129 Å². The second kappa shape index (κ2) is 7.41. The molecule has 1 aromatic rings. The van der Waals surface area contributed by atoms with Crippen LogP contribution in [0.25, 0.3) is 0 Å². The van der Waals surface area contributed by atoms with E-state index >= 15 is 0 Å². The Kier molecular flexibility index (Phi) is 5.85. The molecule has 1 aliphatic rings. The maximum atomic E-state index is 13.8. The summed E-state index contributed by atoms with van der Waals surface area (Å²) in [5.74, 6) is 0.412. The van der Waals surface area contributed by atoms with Gasteiger partial charge < -0.3 is 10.2 Å². The van der Waals surface area contributed by atoms with Crippen LogP contribution in [0.2, 0.25) is 0 Å². The molecule has 1 saturated heterocycles. The van der Waals surface area contributed by atoms with Gasteiger partial charge in [-0.15, -0.1) is 0 Å². The van der Waals surface area contributed by atoms with E-state index < -0.39 is 0 Å². The van der Waals surface area contributed by atoms with Crippen molar-refractivity contribution in [3.05, 3.63) is 28.5 Å². The van der Waals surface area contributed by atoms with E-state index in [2.05, 4.69) is 40.0 Å². The number of hydrogen-bond acceptors (Lipinski definition) is 2. The van der Waals surface area contributed by atoms with Crippen molar-refractivity contribution in [2.45, 2.75) is 39.2 Å². The van der Waals surface area contributed by atoms with E-state index in [1.165, 1.54) is 38.4 Å². The second-order valence-electron chi connectivity index (χ2n) is 5.76. The summed E-state index contributed by atoms with van der Waals surface area (Å²) < 4.78 is 14.7. The van der Waals surface area contributed by atoms with Crippen LogP contribution in [-0.4, -0.2) is 30.6 Å². The van der Waals surface area contributed by atoms with Crippen molar-refractivity contribution >= 4 is 21.6 Å². The first-order valence-electron chi connectivity index (χ1n) is 7.54. The molecule has 0 aromatic heterocycles. The summed E-state index contributed by atoms with van der Waals surface area (Å²) in [7, 11) is 0. The number of hydrogen-bond donors (Lipinski definition) is 1. The van der Waals surface area contributed by atoms with Gasteiger partial charge in [-0.25, -0.2) is 4.39 Å². The van der Waals surface area contributed by atoms with Crippen LogP contribution in [0.5, 0.6) is 0 Å². The van der Waals surface area contributed by atoms with Crippen LogP contribution >= 0.6 is 15.9 Å².